The number of ether oxygens (including phenoxy) is 3. The van der Waals surface area contributed by atoms with Gasteiger partial charge in [0, 0.05) is 6.42 Å². The molecule has 0 unspecified atom stereocenters. The van der Waals surface area contributed by atoms with Gasteiger partial charge in [-0.05, 0) is 20.3 Å². The molecule has 2 aliphatic heterocycles. The van der Waals surface area contributed by atoms with Crippen LogP contribution in [0, 0.1) is 11.8 Å². The number of likely N-dealkylation sites (tertiary alicyclic amines) is 1. The highest BCUT2D eigenvalue weighted by molar-refractivity contribution is 6.08. The number of esters is 2. The third kappa shape index (κ3) is 3.52. The lowest BCUT2D eigenvalue weighted by atomic mass is 10.00. The van der Waals surface area contributed by atoms with E-state index >= 15 is 0 Å². The van der Waals surface area contributed by atoms with E-state index in [0.717, 1.165) is 4.90 Å². The van der Waals surface area contributed by atoms with Gasteiger partial charge in [-0.3, -0.25) is 19.3 Å². The second-order valence-electron chi connectivity index (χ2n) is 5.41. The van der Waals surface area contributed by atoms with Gasteiger partial charge in [0.05, 0.1) is 38.3 Å². The monoisotopic (exact) mass is 327 g/mol. The maximum atomic E-state index is 12.4. The number of rotatable bonds is 7. The van der Waals surface area contributed by atoms with Gasteiger partial charge < -0.3 is 14.2 Å². The number of imide groups is 1. The average Bonchev–Trinajstić information content (AvgIpc) is 3.07. The molecule has 128 valence electrons. The minimum atomic E-state index is -1.09. The third-order valence-corrected chi connectivity index (χ3v) is 3.99. The van der Waals surface area contributed by atoms with Crippen molar-refractivity contribution in [1.29, 1.82) is 0 Å². The van der Waals surface area contributed by atoms with Crippen molar-refractivity contribution < 1.29 is 33.4 Å². The molecule has 0 radical (unpaired) electrons. The van der Waals surface area contributed by atoms with Gasteiger partial charge in [0.15, 0.2) is 0 Å². The van der Waals surface area contributed by atoms with Crippen LogP contribution in [0.5, 0.6) is 0 Å². The topological polar surface area (TPSA) is 99.2 Å². The summed E-state index contributed by atoms with van der Waals surface area (Å²) in [4.78, 5) is 49.5. The van der Waals surface area contributed by atoms with Crippen molar-refractivity contribution in [3.05, 3.63) is 0 Å². The number of nitrogens with zero attached hydrogens (tertiary/aromatic N) is 1. The van der Waals surface area contributed by atoms with Gasteiger partial charge in [-0.2, -0.15) is 0 Å². The maximum Gasteiger partial charge on any atom is 0.329 e. The van der Waals surface area contributed by atoms with E-state index in [0.29, 0.717) is 0 Å². The molecule has 0 aromatic heterocycles. The lowest BCUT2D eigenvalue weighted by Gasteiger charge is -2.25. The molecule has 3 atom stereocenters. The summed E-state index contributed by atoms with van der Waals surface area (Å²) in [6.45, 7) is 4.02. The molecule has 23 heavy (non-hydrogen) atoms. The summed E-state index contributed by atoms with van der Waals surface area (Å²) in [6.07, 6.45) is -0.0738. The van der Waals surface area contributed by atoms with Crippen molar-refractivity contribution in [2.75, 3.05) is 26.4 Å². The summed E-state index contributed by atoms with van der Waals surface area (Å²) in [5, 5.41) is 0. The maximum absolute atomic E-state index is 12.4. The largest absolute Gasteiger partial charge is 0.466 e. The molecule has 0 aromatic rings. The molecule has 2 saturated heterocycles. The zero-order chi connectivity index (χ0) is 17.0. The second-order valence-corrected chi connectivity index (χ2v) is 5.41. The molecule has 8 nitrogen and oxygen atoms in total. The molecule has 0 N–H and O–H groups in total. The fraction of sp³-hybridized carbons (Fsp3) is 0.733. The zero-order valence-corrected chi connectivity index (χ0v) is 13.3. The van der Waals surface area contributed by atoms with E-state index in [4.69, 9.17) is 14.2 Å². The van der Waals surface area contributed by atoms with Gasteiger partial charge in [-0.15, -0.1) is 0 Å². The van der Waals surface area contributed by atoms with E-state index in [2.05, 4.69) is 0 Å². The Labute approximate surface area is 134 Å². The van der Waals surface area contributed by atoms with Crippen LogP contribution in [-0.4, -0.2) is 61.1 Å². The van der Waals surface area contributed by atoms with Crippen LogP contribution in [0.15, 0.2) is 0 Å². The summed E-state index contributed by atoms with van der Waals surface area (Å²) in [5.74, 6) is -3.10. The Morgan fingerprint density at radius 1 is 1.13 bits per heavy atom. The molecule has 2 heterocycles. The van der Waals surface area contributed by atoms with Gasteiger partial charge in [0.1, 0.15) is 6.04 Å². The van der Waals surface area contributed by atoms with Gasteiger partial charge in [0.25, 0.3) is 0 Å². The minimum absolute atomic E-state index is 0.00452. The molecule has 2 amide bonds. The first-order valence-corrected chi connectivity index (χ1v) is 7.78. The fourth-order valence-electron chi connectivity index (χ4n) is 2.89. The summed E-state index contributed by atoms with van der Waals surface area (Å²) >= 11 is 0. The Hall–Kier alpha value is -1.96. The molecule has 8 heteroatoms. The van der Waals surface area contributed by atoms with Crippen LogP contribution < -0.4 is 0 Å². The van der Waals surface area contributed by atoms with Crippen molar-refractivity contribution in [2.45, 2.75) is 32.7 Å². The lowest BCUT2D eigenvalue weighted by Crippen LogP contribution is -2.47. The summed E-state index contributed by atoms with van der Waals surface area (Å²) in [6, 6.07) is -1.09. The molecule has 2 rings (SSSR count). The Bertz CT molecular complexity index is 482. The zero-order valence-electron chi connectivity index (χ0n) is 13.3. The van der Waals surface area contributed by atoms with Gasteiger partial charge >= 0.3 is 11.9 Å². The van der Waals surface area contributed by atoms with E-state index in [1.807, 2.05) is 0 Å². The van der Waals surface area contributed by atoms with Crippen molar-refractivity contribution in [1.82, 2.24) is 4.90 Å². The van der Waals surface area contributed by atoms with Gasteiger partial charge in [-0.25, -0.2) is 4.79 Å². The predicted molar refractivity (Wildman–Crippen MR) is 75.9 cm³/mol. The number of carbonyl (C=O) groups excluding carboxylic acids is 4. The van der Waals surface area contributed by atoms with Crippen LogP contribution in [0.25, 0.3) is 0 Å². The molecule has 0 aromatic carbocycles. The number of carbonyl (C=O) groups is 4. The van der Waals surface area contributed by atoms with Crippen molar-refractivity contribution in [3.8, 4) is 0 Å². The molecular weight excluding hydrogens is 306 g/mol. The van der Waals surface area contributed by atoms with Crippen LogP contribution >= 0.6 is 0 Å². The standard InChI is InChI=1S/C15H21NO7/c1-3-22-12(17)6-5-11(15(20)23-4-2)16-13(18)9-7-21-8-10(9)14(16)19/h9-11H,3-8H2,1-2H3/t9-,10+,11-/m0/s1. The first-order valence-electron chi connectivity index (χ1n) is 7.78. The van der Waals surface area contributed by atoms with Gasteiger partial charge in [-0.1, -0.05) is 0 Å². The van der Waals surface area contributed by atoms with Crippen LogP contribution in [0.3, 0.4) is 0 Å². The van der Waals surface area contributed by atoms with Crippen molar-refractivity contribution in [3.63, 3.8) is 0 Å². The Morgan fingerprint density at radius 2 is 1.70 bits per heavy atom. The molecular formula is C15H21NO7. The highest BCUT2D eigenvalue weighted by Crippen LogP contribution is 2.34. The van der Waals surface area contributed by atoms with Gasteiger partial charge in [0.2, 0.25) is 11.8 Å². The average molecular weight is 327 g/mol. The summed E-state index contributed by atoms with van der Waals surface area (Å²) in [5.41, 5.74) is 0. The highest BCUT2D eigenvalue weighted by Gasteiger charge is 2.54. The Kier molecular flexibility index (Phi) is 5.70. The van der Waals surface area contributed by atoms with E-state index in [1.54, 1.807) is 13.8 Å². The molecule has 2 aliphatic rings. The first-order chi connectivity index (χ1) is 11.0. The van der Waals surface area contributed by atoms with Crippen LogP contribution in [0.1, 0.15) is 26.7 Å². The Morgan fingerprint density at radius 3 is 2.22 bits per heavy atom. The Balaban J connectivity index is 2.13. The molecule has 0 bridgehead atoms. The molecule has 2 fully saturated rings. The third-order valence-electron chi connectivity index (χ3n) is 3.99. The lowest BCUT2D eigenvalue weighted by molar-refractivity contribution is -0.160. The highest BCUT2D eigenvalue weighted by atomic mass is 16.5. The molecule has 0 saturated carbocycles. The van der Waals surface area contributed by atoms with Crippen molar-refractivity contribution in [2.24, 2.45) is 11.8 Å². The number of amides is 2. The minimum Gasteiger partial charge on any atom is -0.466 e. The predicted octanol–water partition coefficient (Wildman–Crippen LogP) is -0.107. The van der Waals surface area contributed by atoms with Crippen LogP contribution in [0.4, 0.5) is 0 Å². The summed E-state index contributed by atoms with van der Waals surface area (Å²) in [7, 11) is 0. The van der Waals surface area contributed by atoms with E-state index in [1.165, 1.54) is 0 Å². The fourth-order valence-corrected chi connectivity index (χ4v) is 2.89. The number of fused-ring (bicyclic) bond motifs is 1. The molecule has 0 spiro atoms. The van der Waals surface area contributed by atoms with E-state index in [9.17, 15) is 19.2 Å². The summed E-state index contributed by atoms with van der Waals surface area (Å²) < 4.78 is 14.9. The SMILES string of the molecule is CCOC(=O)CC[C@@H](C(=O)OCC)N1C(=O)[C@H]2COC[C@H]2C1=O. The van der Waals surface area contributed by atoms with Crippen molar-refractivity contribution >= 4 is 23.8 Å². The van der Waals surface area contributed by atoms with Crippen LogP contribution in [-0.2, 0) is 33.4 Å². The quantitative estimate of drug-likeness (QED) is 0.475. The normalized spacial score (nSPS) is 24.5. The smallest absolute Gasteiger partial charge is 0.329 e. The second kappa shape index (κ2) is 7.54. The van der Waals surface area contributed by atoms with Crippen LogP contribution in [0.2, 0.25) is 0 Å². The van der Waals surface area contributed by atoms with E-state index in [-0.39, 0.29) is 39.3 Å². The first kappa shape index (κ1) is 17.4. The molecule has 0 aliphatic carbocycles. The number of hydrogen-bond donors (Lipinski definition) is 0. The number of hydrogen-bond acceptors (Lipinski definition) is 7. The van der Waals surface area contributed by atoms with E-state index < -0.39 is 41.6 Å².